The number of alkyl halides is 1. The molecule has 0 heterocycles. The molecule has 0 spiro atoms. The molecule has 0 N–H and O–H groups in total. The SMILES string of the molecule is COC(=O)c1cccc(SF)c1CBr. The molecule has 0 fully saturated rings. The minimum Gasteiger partial charge on any atom is -0.465 e. The van der Waals surface area contributed by atoms with E-state index in [9.17, 15) is 8.68 Å². The van der Waals surface area contributed by atoms with Crippen molar-refractivity contribution in [2.45, 2.75) is 10.2 Å². The highest BCUT2D eigenvalue weighted by Crippen LogP contribution is 2.28. The molecule has 0 radical (unpaired) electrons. The number of benzene rings is 1. The van der Waals surface area contributed by atoms with Crippen molar-refractivity contribution in [1.29, 1.82) is 0 Å². The molecule has 1 rings (SSSR count). The van der Waals surface area contributed by atoms with Crippen LogP contribution in [0.2, 0.25) is 0 Å². The van der Waals surface area contributed by atoms with Gasteiger partial charge in [0.05, 0.1) is 24.8 Å². The summed E-state index contributed by atoms with van der Waals surface area (Å²) in [6.45, 7) is 0. The van der Waals surface area contributed by atoms with Gasteiger partial charge in [0.1, 0.15) is 0 Å². The van der Waals surface area contributed by atoms with Crippen LogP contribution in [0.15, 0.2) is 23.1 Å². The van der Waals surface area contributed by atoms with E-state index in [-0.39, 0.29) is 12.1 Å². The molecule has 1 aromatic rings. The number of ether oxygens (including phenoxy) is 1. The average molecular weight is 279 g/mol. The van der Waals surface area contributed by atoms with Crippen molar-refractivity contribution in [3.63, 3.8) is 0 Å². The first-order valence-electron chi connectivity index (χ1n) is 3.79. The van der Waals surface area contributed by atoms with Crippen LogP contribution in [-0.2, 0) is 10.1 Å². The van der Waals surface area contributed by atoms with Gasteiger partial charge in [-0.1, -0.05) is 22.0 Å². The lowest BCUT2D eigenvalue weighted by Crippen LogP contribution is -2.05. The molecule has 0 amide bonds. The topological polar surface area (TPSA) is 26.3 Å². The summed E-state index contributed by atoms with van der Waals surface area (Å²) >= 11 is 3.33. The van der Waals surface area contributed by atoms with E-state index in [0.29, 0.717) is 21.4 Å². The molecule has 0 saturated carbocycles. The van der Waals surface area contributed by atoms with Crippen molar-refractivity contribution in [3.8, 4) is 0 Å². The molecule has 0 aromatic heterocycles. The van der Waals surface area contributed by atoms with E-state index < -0.39 is 5.97 Å². The predicted octanol–water partition coefficient (Wildman–Crippen LogP) is 3.34. The second-order valence-corrected chi connectivity index (χ2v) is 3.64. The summed E-state index contributed by atoms with van der Waals surface area (Å²) < 4.78 is 17.1. The van der Waals surface area contributed by atoms with Gasteiger partial charge in [0.25, 0.3) is 0 Å². The maximum Gasteiger partial charge on any atom is 0.338 e. The molecule has 1 aromatic carbocycles. The highest BCUT2D eigenvalue weighted by Gasteiger charge is 2.14. The van der Waals surface area contributed by atoms with Crippen LogP contribution in [0.5, 0.6) is 0 Å². The van der Waals surface area contributed by atoms with E-state index in [2.05, 4.69) is 20.7 Å². The number of carbonyl (C=O) groups is 1. The largest absolute Gasteiger partial charge is 0.465 e. The fourth-order valence-electron chi connectivity index (χ4n) is 1.08. The number of rotatable bonds is 3. The van der Waals surface area contributed by atoms with Crippen molar-refractivity contribution in [1.82, 2.24) is 0 Å². The highest BCUT2D eigenvalue weighted by atomic mass is 79.9. The van der Waals surface area contributed by atoms with Crippen LogP contribution in [-0.4, -0.2) is 13.1 Å². The molecule has 0 bridgehead atoms. The Hall–Kier alpha value is -0.550. The fourth-order valence-corrected chi connectivity index (χ4v) is 2.27. The molecular weight excluding hydrogens is 271 g/mol. The summed E-state index contributed by atoms with van der Waals surface area (Å²) in [5, 5.41) is 0.421. The normalized spacial score (nSPS) is 9.93. The second-order valence-electron chi connectivity index (χ2n) is 2.48. The molecule has 0 aliphatic rings. The first-order valence-corrected chi connectivity index (χ1v) is 5.63. The Morgan fingerprint density at radius 1 is 1.64 bits per heavy atom. The fraction of sp³-hybridized carbons (Fsp3) is 0.222. The van der Waals surface area contributed by atoms with Gasteiger partial charge in [0, 0.05) is 10.2 Å². The van der Waals surface area contributed by atoms with Crippen LogP contribution < -0.4 is 0 Å². The minimum absolute atomic E-state index is 0.124. The van der Waals surface area contributed by atoms with Crippen LogP contribution in [0.3, 0.4) is 0 Å². The van der Waals surface area contributed by atoms with Crippen LogP contribution in [0.4, 0.5) is 3.89 Å². The third-order valence-corrected chi connectivity index (χ3v) is 2.86. The summed E-state index contributed by atoms with van der Waals surface area (Å²) in [4.78, 5) is 11.7. The first kappa shape index (κ1) is 11.5. The van der Waals surface area contributed by atoms with Gasteiger partial charge in [-0.15, -0.1) is 0 Å². The molecule has 0 saturated heterocycles. The lowest BCUT2D eigenvalue weighted by molar-refractivity contribution is 0.0599. The summed E-state index contributed by atoms with van der Waals surface area (Å²) in [6, 6.07) is 4.86. The smallest absolute Gasteiger partial charge is 0.338 e. The van der Waals surface area contributed by atoms with Crippen molar-refractivity contribution in [2.24, 2.45) is 0 Å². The highest BCUT2D eigenvalue weighted by molar-refractivity contribution is 9.08. The van der Waals surface area contributed by atoms with Crippen LogP contribution in [0.1, 0.15) is 15.9 Å². The van der Waals surface area contributed by atoms with Gasteiger partial charge < -0.3 is 4.74 Å². The zero-order chi connectivity index (χ0) is 10.6. The summed E-state index contributed by atoms with van der Waals surface area (Å²) in [6.07, 6.45) is 0. The molecule has 0 aliphatic carbocycles. The van der Waals surface area contributed by atoms with E-state index in [4.69, 9.17) is 0 Å². The summed E-state index contributed by atoms with van der Waals surface area (Å²) in [7, 11) is 1.30. The number of hydrogen-bond donors (Lipinski definition) is 0. The van der Waals surface area contributed by atoms with Gasteiger partial charge >= 0.3 is 5.97 Å². The Kier molecular flexibility index (Phi) is 4.41. The maximum absolute atomic E-state index is 12.5. The van der Waals surface area contributed by atoms with Gasteiger partial charge in [-0.25, -0.2) is 4.79 Å². The maximum atomic E-state index is 12.5. The molecule has 0 unspecified atom stereocenters. The standard InChI is InChI=1S/C9H8BrFO2S/c1-13-9(12)6-3-2-4-8(14-11)7(6)5-10/h2-4H,5H2,1H3. The van der Waals surface area contributed by atoms with Crippen molar-refractivity contribution in [3.05, 3.63) is 29.3 Å². The van der Waals surface area contributed by atoms with Crippen molar-refractivity contribution >= 4 is 34.0 Å². The van der Waals surface area contributed by atoms with Crippen LogP contribution in [0.25, 0.3) is 0 Å². The average Bonchev–Trinajstić information content (AvgIpc) is 2.26. The third kappa shape index (κ3) is 2.27. The van der Waals surface area contributed by atoms with Gasteiger partial charge in [0.15, 0.2) is 0 Å². The van der Waals surface area contributed by atoms with Gasteiger partial charge in [-0.2, -0.15) is 3.89 Å². The molecule has 2 nitrogen and oxygen atoms in total. The number of carbonyl (C=O) groups excluding carboxylic acids is 1. The van der Waals surface area contributed by atoms with Gasteiger partial charge in [-0.3, -0.25) is 0 Å². The van der Waals surface area contributed by atoms with Crippen LogP contribution >= 0.6 is 28.1 Å². The van der Waals surface area contributed by atoms with E-state index >= 15 is 0 Å². The molecule has 76 valence electrons. The monoisotopic (exact) mass is 278 g/mol. The van der Waals surface area contributed by atoms with Crippen molar-refractivity contribution < 1.29 is 13.4 Å². The van der Waals surface area contributed by atoms with E-state index in [1.165, 1.54) is 7.11 Å². The Morgan fingerprint density at radius 2 is 2.36 bits per heavy atom. The number of methoxy groups -OCH3 is 1. The van der Waals surface area contributed by atoms with E-state index in [1.54, 1.807) is 18.2 Å². The first-order chi connectivity index (χ1) is 6.74. The quantitative estimate of drug-likeness (QED) is 0.627. The third-order valence-electron chi connectivity index (χ3n) is 1.76. The second kappa shape index (κ2) is 5.36. The molecule has 14 heavy (non-hydrogen) atoms. The van der Waals surface area contributed by atoms with Gasteiger partial charge in [0.2, 0.25) is 0 Å². The lowest BCUT2D eigenvalue weighted by Gasteiger charge is -2.07. The zero-order valence-electron chi connectivity index (χ0n) is 7.42. The number of halogens is 2. The van der Waals surface area contributed by atoms with Gasteiger partial charge in [-0.05, 0) is 17.7 Å². The summed E-state index contributed by atoms with van der Waals surface area (Å²) in [5.41, 5.74) is 1.01. The number of esters is 1. The molecular formula is C9H8BrFO2S. The predicted molar refractivity (Wildman–Crippen MR) is 57.4 cm³/mol. The zero-order valence-corrected chi connectivity index (χ0v) is 9.82. The molecule has 0 atom stereocenters. The Bertz CT molecular complexity index is 344. The van der Waals surface area contributed by atoms with Crippen molar-refractivity contribution in [2.75, 3.05) is 7.11 Å². The van der Waals surface area contributed by atoms with E-state index in [1.807, 2.05) is 0 Å². The molecule has 0 aliphatic heterocycles. The molecule has 5 heteroatoms. The van der Waals surface area contributed by atoms with E-state index in [0.717, 1.165) is 0 Å². The lowest BCUT2D eigenvalue weighted by atomic mass is 10.1. The minimum atomic E-state index is -0.449. The number of hydrogen-bond acceptors (Lipinski definition) is 3. The Labute approximate surface area is 94.3 Å². The Morgan fingerprint density at radius 3 is 2.86 bits per heavy atom. The summed E-state index contributed by atoms with van der Waals surface area (Å²) in [5.74, 6) is -0.449. The Balaban J connectivity index is 3.21. The van der Waals surface area contributed by atoms with Crippen LogP contribution in [0, 0.1) is 0 Å².